The topological polar surface area (TPSA) is 97.8 Å². The van der Waals surface area contributed by atoms with Crippen LogP contribution in [0.5, 0.6) is 5.75 Å². The third-order valence-electron chi connectivity index (χ3n) is 4.37. The molecular formula is C22H22FN3O5S2. The molecule has 0 aliphatic heterocycles. The predicted molar refractivity (Wildman–Crippen MR) is 122 cm³/mol. The summed E-state index contributed by atoms with van der Waals surface area (Å²) in [4.78, 5) is 43.2. The Morgan fingerprint density at radius 1 is 1.15 bits per heavy atom. The summed E-state index contributed by atoms with van der Waals surface area (Å²) in [5.74, 6) is -1.41. The summed E-state index contributed by atoms with van der Waals surface area (Å²) in [5, 5.41) is 6.70. The minimum Gasteiger partial charge on any atom is -0.486 e. The van der Waals surface area contributed by atoms with Crippen molar-refractivity contribution in [1.82, 2.24) is 15.2 Å². The Hall–Kier alpha value is -3.31. The zero-order chi connectivity index (χ0) is 23.6. The van der Waals surface area contributed by atoms with Gasteiger partial charge in [0, 0.05) is 16.8 Å². The second kappa shape index (κ2) is 12.1. The Labute approximate surface area is 198 Å². The highest BCUT2D eigenvalue weighted by Crippen LogP contribution is 2.16. The molecule has 0 saturated heterocycles. The van der Waals surface area contributed by atoms with Crippen molar-refractivity contribution in [2.75, 3.05) is 19.7 Å². The number of benzene rings is 1. The van der Waals surface area contributed by atoms with E-state index in [4.69, 9.17) is 9.47 Å². The number of ether oxygens (including phenoxy) is 2. The van der Waals surface area contributed by atoms with Crippen LogP contribution in [0.1, 0.15) is 27.3 Å². The SMILES string of the molecule is CCN(CC(=O)NCc1cccs1)C(=O)COC(=O)c1csc(COc2ccc(F)cc2)n1. The molecule has 1 aromatic carbocycles. The van der Waals surface area contributed by atoms with Crippen LogP contribution in [0.3, 0.4) is 0 Å². The molecule has 3 aromatic rings. The monoisotopic (exact) mass is 491 g/mol. The molecule has 0 saturated carbocycles. The highest BCUT2D eigenvalue weighted by molar-refractivity contribution is 7.10. The van der Waals surface area contributed by atoms with Crippen molar-refractivity contribution in [2.24, 2.45) is 0 Å². The second-order valence-corrected chi connectivity index (χ2v) is 8.68. The first-order valence-electron chi connectivity index (χ1n) is 10.0. The molecule has 174 valence electrons. The zero-order valence-electron chi connectivity index (χ0n) is 17.8. The van der Waals surface area contributed by atoms with Crippen molar-refractivity contribution < 1.29 is 28.2 Å². The number of nitrogens with one attached hydrogen (secondary N) is 1. The van der Waals surface area contributed by atoms with Gasteiger partial charge in [-0.3, -0.25) is 9.59 Å². The summed E-state index contributed by atoms with van der Waals surface area (Å²) < 4.78 is 23.5. The van der Waals surface area contributed by atoms with E-state index in [1.165, 1.54) is 57.2 Å². The largest absolute Gasteiger partial charge is 0.486 e. The fourth-order valence-electron chi connectivity index (χ4n) is 2.64. The first-order valence-corrected chi connectivity index (χ1v) is 11.8. The third-order valence-corrected chi connectivity index (χ3v) is 6.07. The van der Waals surface area contributed by atoms with Gasteiger partial charge in [0.1, 0.15) is 23.2 Å². The van der Waals surface area contributed by atoms with E-state index in [1.54, 1.807) is 6.92 Å². The Balaban J connectivity index is 1.42. The quantitative estimate of drug-likeness (QED) is 0.414. The second-order valence-electron chi connectivity index (χ2n) is 6.71. The van der Waals surface area contributed by atoms with Gasteiger partial charge in [0.2, 0.25) is 5.91 Å². The number of thiophene rings is 1. The van der Waals surface area contributed by atoms with Crippen LogP contribution in [-0.4, -0.2) is 47.4 Å². The molecule has 33 heavy (non-hydrogen) atoms. The number of nitrogens with zero attached hydrogens (tertiary/aromatic N) is 2. The minimum atomic E-state index is -0.745. The maximum absolute atomic E-state index is 12.9. The lowest BCUT2D eigenvalue weighted by Crippen LogP contribution is -2.42. The molecule has 0 aliphatic carbocycles. The molecule has 2 heterocycles. The van der Waals surface area contributed by atoms with E-state index in [-0.39, 0.29) is 30.6 Å². The van der Waals surface area contributed by atoms with Crippen molar-refractivity contribution in [3.8, 4) is 5.75 Å². The fourth-order valence-corrected chi connectivity index (χ4v) is 3.96. The maximum Gasteiger partial charge on any atom is 0.358 e. The number of hydrogen-bond donors (Lipinski definition) is 1. The molecule has 11 heteroatoms. The highest BCUT2D eigenvalue weighted by Gasteiger charge is 2.19. The first kappa shape index (κ1) is 24.3. The van der Waals surface area contributed by atoms with Gasteiger partial charge in [0.25, 0.3) is 5.91 Å². The average Bonchev–Trinajstić information content (AvgIpc) is 3.51. The maximum atomic E-state index is 12.9. The summed E-state index contributed by atoms with van der Waals surface area (Å²) in [6.07, 6.45) is 0. The van der Waals surface area contributed by atoms with E-state index in [1.807, 2.05) is 17.5 Å². The first-order chi connectivity index (χ1) is 15.9. The van der Waals surface area contributed by atoms with Crippen LogP contribution in [0.2, 0.25) is 0 Å². The predicted octanol–water partition coefficient (Wildman–Crippen LogP) is 3.24. The lowest BCUT2D eigenvalue weighted by atomic mass is 10.3. The molecule has 0 atom stereocenters. The number of esters is 1. The fraction of sp³-hybridized carbons (Fsp3) is 0.273. The Kier molecular flexibility index (Phi) is 8.90. The summed E-state index contributed by atoms with van der Waals surface area (Å²) in [6, 6.07) is 9.35. The molecule has 0 bridgehead atoms. The van der Waals surface area contributed by atoms with Gasteiger partial charge in [0.05, 0.1) is 13.1 Å². The van der Waals surface area contributed by atoms with Crippen molar-refractivity contribution in [1.29, 1.82) is 0 Å². The van der Waals surface area contributed by atoms with Gasteiger partial charge in [-0.15, -0.1) is 22.7 Å². The van der Waals surface area contributed by atoms with Crippen LogP contribution < -0.4 is 10.1 Å². The molecule has 2 aromatic heterocycles. The summed E-state index contributed by atoms with van der Waals surface area (Å²) in [5.41, 5.74) is 0.0576. The van der Waals surface area contributed by atoms with Crippen LogP contribution in [0, 0.1) is 5.82 Å². The zero-order valence-corrected chi connectivity index (χ0v) is 19.4. The van der Waals surface area contributed by atoms with E-state index in [2.05, 4.69) is 10.3 Å². The summed E-state index contributed by atoms with van der Waals surface area (Å²) in [7, 11) is 0. The van der Waals surface area contributed by atoms with Gasteiger partial charge in [-0.1, -0.05) is 6.07 Å². The van der Waals surface area contributed by atoms with E-state index in [0.717, 1.165) is 4.88 Å². The number of likely N-dealkylation sites (N-methyl/N-ethyl adjacent to an activating group) is 1. The minimum absolute atomic E-state index is 0.0576. The number of hydrogen-bond acceptors (Lipinski definition) is 8. The molecule has 1 N–H and O–H groups in total. The lowest BCUT2D eigenvalue weighted by Gasteiger charge is -2.20. The molecule has 0 radical (unpaired) electrons. The summed E-state index contributed by atoms with van der Waals surface area (Å²) in [6.45, 7) is 1.91. The lowest BCUT2D eigenvalue weighted by molar-refractivity contribution is -0.138. The number of carbonyl (C=O) groups is 3. The van der Waals surface area contributed by atoms with Gasteiger partial charge in [0.15, 0.2) is 12.3 Å². The number of rotatable bonds is 11. The van der Waals surface area contributed by atoms with Crippen LogP contribution in [0.25, 0.3) is 0 Å². The molecule has 0 spiro atoms. The van der Waals surface area contributed by atoms with Gasteiger partial charge in [-0.25, -0.2) is 14.2 Å². The Bertz CT molecular complexity index is 1070. The number of thiazole rings is 1. The Morgan fingerprint density at radius 2 is 1.94 bits per heavy atom. The standard InChI is InChI=1S/C22H22FN3O5S2/c1-2-26(11-19(27)24-10-17-4-3-9-32-17)21(28)13-31-22(29)18-14-33-20(25-18)12-30-16-7-5-15(23)6-8-16/h3-9,14H,2,10-13H2,1H3,(H,24,27). The molecule has 8 nitrogen and oxygen atoms in total. The number of aromatic nitrogens is 1. The van der Waals surface area contributed by atoms with E-state index >= 15 is 0 Å². The van der Waals surface area contributed by atoms with E-state index in [9.17, 15) is 18.8 Å². The molecule has 0 aliphatic rings. The van der Waals surface area contributed by atoms with Crippen LogP contribution >= 0.6 is 22.7 Å². The van der Waals surface area contributed by atoms with Crippen LogP contribution in [-0.2, 0) is 27.5 Å². The molecule has 0 unspecified atom stereocenters. The van der Waals surface area contributed by atoms with Gasteiger partial charge >= 0.3 is 5.97 Å². The van der Waals surface area contributed by atoms with Gasteiger partial charge in [-0.05, 0) is 42.6 Å². The normalized spacial score (nSPS) is 10.5. The highest BCUT2D eigenvalue weighted by atomic mass is 32.1. The molecule has 3 rings (SSSR count). The van der Waals surface area contributed by atoms with Gasteiger partial charge < -0.3 is 19.7 Å². The smallest absolute Gasteiger partial charge is 0.358 e. The molecular weight excluding hydrogens is 469 g/mol. The van der Waals surface area contributed by atoms with Gasteiger partial charge in [-0.2, -0.15) is 0 Å². The molecule has 0 fully saturated rings. The number of amides is 2. The third kappa shape index (κ3) is 7.65. The van der Waals surface area contributed by atoms with Crippen LogP contribution in [0.15, 0.2) is 47.2 Å². The van der Waals surface area contributed by atoms with E-state index < -0.39 is 18.5 Å². The molecule has 2 amide bonds. The average molecular weight is 492 g/mol. The Morgan fingerprint density at radius 3 is 2.64 bits per heavy atom. The van der Waals surface area contributed by atoms with E-state index in [0.29, 0.717) is 23.8 Å². The number of carbonyl (C=O) groups excluding carboxylic acids is 3. The number of halogens is 1. The van der Waals surface area contributed by atoms with Crippen LogP contribution in [0.4, 0.5) is 4.39 Å². The van der Waals surface area contributed by atoms with Crippen molar-refractivity contribution in [2.45, 2.75) is 20.1 Å². The van der Waals surface area contributed by atoms with Crippen molar-refractivity contribution in [3.05, 3.63) is 68.6 Å². The van der Waals surface area contributed by atoms with Crippen molar-refractivity contribution >= 4 is 40.5 Å². The van der Waals surface area contributed by atoms with Crippen molar-refractivity contribution in [3.63, 3.8) is 0 Å². The summed E-state index contributed by atoms with van der Waals surface area (Å²) >= 11 is 2.73.